The first-order valence-electron chi connectivity index (χ1n) is 7.41. The van der Waals surface area contributed by atoms with Gasteiger partial charge in [0.15, 0.2) is 0 Å². The lowest BCUT2D eigenvalue weighted by Crippen LogP contribution is -2.41. The van der Waals surface area contributed by atoms with Gasteiger partial charge in [-0.2, -0.15) is 0 Å². The van der Waals surface area contributed by atoms with E-state index in [0.717, 1.165) is 25.1 Å². The molecule has 1 fully saturated rings. The molecule has 0 amide bonds. The van der Waals surface area contributed by atoms with Gasteiger partial charge < -0.3 is 10.8 Å². The van der Waals surface area contributed by atoms with Gasteiger partial charge in [0.2, 0.25) is 0 Å². The van der Waals surface area contributed by atoms with Crippen molar-refractivity contribution in [2.24, 2.45) is 11.7 Å². The Labute approximate surface area is 116 Å². The number of rotatable bonds is 4. The molecule has 0 bridgehead atoms. The maximum absolute atomic E-state index is 10.0. The fourth-order valence-corrected chi connectivity index (χ4v) is 3.20. The van der Waals surface area contributed by atoms with E-state index in [9.17, 15) is 5.11 Å². The number of nitrogens with two attached hydrogens (primary N) is 1. The second-order valence-corrected chi connectivity index (χ2v) is 5.72. The number of phenols is 1. The summed E-state index contributed by atoms with van der Waals surface area (Å²) in [6.07, 6.45) is 3.37. The summed E-state index contributed by atoms with van der Waals surface area (Å²) in [6.45, 7) is 6.47. The summed E-state index contributed by atoms with van der Waals surface area (Å²) in [5.41, 5.74) is 7.06. The Morgan fingerprint density at radius 2 is 1.95 bits per heavy atom. The second-order valence-electron chi connectivity index (χ2n) is 5.72. The van der Waals surface area contributed by atoms with Crippen LogP contribution in [0.2, 0.25) is 0 Å². The zero-order valence-electron chi connectivity index (χ0n) is 12.0. The molecule has 1 aliphatic heterocycles. The largest absolute Gasteiger partial charge is 0.508 e. The van der Waals surface area contributed by atoms with E-state index in [0.29, 0.717) is 23.8 Å². The molecule has 0 aromatic heterocycles. The summed E-state index contributed by atoms with van der Waals surface area (Å²) < 4.78 is 0. The Kier molecular flexibility index (Phi) is 4.83. The van der Waals surface area contributed by atoms with Gasteiger partial charge in [-0.05, 0) is 51.3 Å². The fourth-order valence-electron chi connectivity index (χ4n) is 3.20. The number of hydrogen-bond acceptors (Lipinski definition) is 3. The summed E-state index contributed by atoms with van der Waals surface area (Å²) in [5, 5.41) is 10.0. The molecule has 0 radical (unpaired) electrons. The van der Waals surface area contributed by atoms with Crippen LogP contribution in [-0.4, -0.2) is 29.1 Å². The van der Waals surface area contributed by atoms with Crippen molar-refractivity contribution >= 4 is 0 Å². The number of likely N-dealkylation sites (tertiary alicyclic amines) is 1. The number of piperidine rings is 1. The van der Waals surface area contributed by atoms with Gasteiger partial charge in [-0.3, -0.25) is 4.90 Å². The smallest absolute Gasteiger partial charge is 0.120 e. The third-order valence-electron chi connectivity index (χ3n) is 4.44. The Morgan fingerprint density at radius 1 is 1.32 bits per heavy atom. The molecule has 3 heteroatoms. The predicted octanol–water partition coefficient (Wildman–Crippen LogP) is 2.90. The minimum absolute atomic E-state index is 0.298. The van der Waals surface area contributed by atoms with Gasteiger partial charge in [-0.15, -0.1) is 0 Å². The summed E-state index contributed by atoms with van der Waals surface area (Å²) in [5.74, 6) is 1.07. The maximum Gasteiger partial charge on any atom is 0.120 e. The number of benzene rings is 1. The van der Waals surface area contributed by atoms with Gasteiger partial charge in [0.25, 0.3) is 0 Å². The Bertz CT molecular complexity index is 397. The first-order chi connectivity index (χ1) is 9.13. The van der Waals surface area contributed by atoms with Crippen molar-refractivity contribution < 1.29 is 5.11 Å². The molecule has 1 aliphatic rings. The number of nitrogens with zero attached hydrogens (tertiary/aromatic N) is 1. The van der Waals surface area contributed by atoms with E-state index < -0.39 is 0 Å². The molecule has 106 valence electrons. The molecule has 0 spiro atoms. The fraction of sp³-hybridized carbons (Fsp3) is 0.625. The quantitative estimate of drug-likeness (QED) is 0.877. The normalized spacial score (nSPS) is 21.2. The standard InChI is InChI=1S/C16H26N2O/c1-3-15(14-6-4-5-7-16(14)19)18-10-8-13(9-11-18)12(2)17/h4-7,12-13,15,19H,3,8-11,17H2,1-2H3. The minimum Gasteiger partial charge on any atom is -0.508 e. The van der Waals surface area contributed by atoms with Crippen LogP contribution in [0.1, 0.15) is 44.7 Å². The van der Waals surface area contributed by atoms with Crippen molar-refractivity contribution in [3.8, 4) is 5.75 Å². The van der Waals surface area contributed by atoms with Crippen LogP contribution in [0, 0.1) is 5.92 Å². The molecule has 1 saturated heterocycles. The zero-order valence-corrected chi connectivity index (χ0v) is 12.0. The molecule has 0 saturated carbocycles. The topological polar surface area (TPSA) is 49.5 Å². The van der Waals surface area contributed by atoms with Crippen LogP contribution in [-0.2, 0) is 0 Å². The first-order valence-corrected chi connectivity index (χ1v) is 7.41. The third kappa shape index (κ3) is 3.28. The average Bonchev–Trinajstić information content (AvgIpc) is 2.42. The molecule has 2 unspecified atom stereocenters. The lowest BCUT2D eigenvalue weighted by atomic mass is 9.89. The molecule has 1 heterocycles. The number of aromatic hydroxyl groups is 1. The third-order valence-corrected chi connectivity index (χ3v) is 4.44. The van der Waals surface area contributed by atoms with Gasteiger partial charge in [0.1, 0.15) is 5.75 Å². The van der Waals surface area contributed by atoms with Gasteiger partial charge in [0.05, 0.1) is 0 Å². The van der Waals surface area contributed by atoms with Crippen LogP contribution in [0.5, 0.6) is 5.75 Å². The van der Waals surface area contributed by atoms with E-state index in [-0.39, 0.29) is 0 Å². The molecule has 3 N–H and O–H groups in total. The molecule has 2 rings (SSSR count). The second kappa shape index (κ2) is 6.40. The van der Waals surface area contributed by atoms with E-state index in [2.05, 4.69) is 18.7 Å². The van der Waals surface area contributed by atoms with Gasteiger partial charge >= 0.3 is 0 Å². The highest BCUT2D eigenvalue weighted by Crippen LogP contribution is 2.34. The SMILES string of the molecule is CCC(c1ccccc1O)N1CCC(C(C)N)CC1. The lowest BCUT2D eigenvalue weighted by Gasteiger charge is -2.38. The van der Waals surface area contributed by atoms with Gasteiger partial charge in [-0.1, -0.05) is 25.1 Å². The van der Waals surface area contributed by atoms with Crippen LogP contribution in [0.25, 0.3) is 0 Å². The highest BCUT2D eigenvalue weighted by atomic mass is 16.3. The maximum atomic E-state index is 10.0. The van der Waals surface area contributed by atoms with Crippen LogP contribution in [0.4, 0.5) is 0 Å². The molecule has 2 atom stereocenters. The summed E-state index contributed by atoms with van der Waals surface area (Å²) >= 11 is 0. The van der Waals surface area contributed by atoms with E-state index in [4.69, 9.17) is 5.73 Å². The van der Waals surface area contributed by atoms with E-state index in [1.54, 1.807) is 6.07 Å². The summed E-state index contributed by atoms with van der Waals surface area (Å²) in [6, 6.07) is 8.34. The van der Waals surface area contributed by atoms with Crippen LogP contribution in [0.15, 0.2) is 24.3 Å². The van der Waals surface area contributed by atoms with Crippen molar-refractivity contribution in [3.63, 3.8) is 0 Å². The monoisotopic (exact) mass is 262 g/mol. The highest BCUT2D eigenvalue weighted by Gasteiger charge is 2.27. The number of hydrogen-bond donors (Lipinski definition) is 2. The zero-order chi connectivity index (χ0) is 13.8. The Hall–Kier alpha value is -1.06. The molecular weight excluding hydrogens is 236 g/mol. The Morgan fingerprint density at radius 3 is 2.47 bits per heavy atom. The van der Waals surface area contributed by atoms with E-state index in [1.165, 1.54) is 12.8 Å². The van der Waals surface area contributed by atoms with Crippen molar-refractivity contribution in [1.82, 2.24) is 4.90 Å². The van der Waals surface area contributed by atoms with Crippen LogP contribution in [0.3, 0.4) is 0 Å². The molecule has 0 aliphatic carbocycles. The summed E-state index contributed by atoms with van der Waals surface area (Å²) in [4.78, 5) is 2.49. The van der Waals surface area contributed by atoms with Gasteiger partial charge in [0, 0.05) is 17.6 Å². The summed E-state index contributed by atoms with van der Waals surface area (Å²) in [7, 11) is 0. The molecule has 19 heavy (non-hydrogen) atoms. The molecular formula is C16H26N2O. The van der Waals surface area contributed by atoms with Crippen molar-refractivity contribution in [1.29, 1.82) is 0 Å². The molecule has 1 aromatic carbocycles. The molecule has 1 aromatic rings. The van der Waals surface area contributed by atoms with E-state index >= 15 is 0 Å². The number of para-hydroxylation sites is 1. The van der Waals surface area contributed by atoms with Crippen molar-refractivity contribution in [2.75, 3.05) is 13.1 Å². The Balaban J connectivity index is 2.06. The minimum atomic E-state index is 0.298. The average molecular weight is 262 g/mol. The number of phenolic OH excluding ortho intramolecular Hbond substituents is 1. The van der Waals surface area contributed by atoms with Crippen LogP contribution >= 0.6 is 0 Å². The lowest BCUT2D eigenvalue weighted by molar-refractivity contribution is 0.120. The van der Waals surface area contributed by atoms with Crippen molar-refractivity contribution in [2.45, 2.75) is 45.2 Å². The molecule has 3 nitrogen and oxygen atoms in total. The van der Waals surface area contributed by atoms with E-state index in [1.807, 2.05) is 18.2 Å². The van der Waals surface area contributed by atoms with Crippen molar-refractivity contribution in [3.05, 3.63) is 29.8 Å². The predicted molar refractivity (Wildman–Crippen MR) is 79.1 cm³/mol. The highest BCUT2D eigenvalue weighted by molar-refractivity contribution is 5.34. The first kappa shape index (κ1) is 14.4. The van der Waals surface area contributed by atoms with Gasteiger partial charge in [-0.25, -0.2) is 0 Å². The van der Waals surface area contributed by atoms with Crippen LogP contribution < -0.4 is 5.73 Å².